The summed E-state index contributed by atoms with van der Waals surface area (Å²) in [6, 6.07) is 12.1. The summed E-state index contributed by atoms with van der Waals surface area (Å²) in [6.07, 6.45) is 9.51. The lowest BCUT2D eigenvalue weighted by Crippen LogP contribution is -2.25. The van der Waals surface area contributed by atoms with Gasteiger partial charge in [-0.05, 0) is 61.8 Å². The van der Waals surface area contributed by atoms with Crippen LogP contribution >= 0.6 is 0 Å². The number of anilines is 1. The van der Waals surface area contributed by atoms with Crippen molar-refractivity contribution in [2.45, 2.75) is 18.9 Å². The van der Waals surface area contributed by atoms with Crippen molar-refractivity contribution >= 4 is 16.7 Å². The van der Waals surface area contributed by atoms with Crippen LogP contribution in [-0.4, -0.2) is 56.1 Å². The number of fused-ring (bicyclic) bond motifs is 2. The predicted molar refractivity (Wildman–Crippen MR) is 147 cm³/mol. The first-order valence-electron chi connectivity index (χ1n) is 13.1. The van der Waals surface area contributed by atoms with E-state index in [-0.39, 0.29) is 11.9 Å². The summed E-state index contributed by atoms with van der Waals surface area (Å²) in [5.41, 5.74) is 12.8. The fourth-order valence-electron chi connectivity index (χ4n) is 5.27. The van der Waals surface area contributed by atoms with E-state index >= 15 is 0 Å². The second kappa shape index (κ2) is 10.0. The minimum atomic E-state index is -0.319. The van der Waals surface area contributed by atoms with Gasteiger partial charge in [0.25, 0.3) is 0 Å². The molecule has 5 aromatic rings. The van der Waals surface area contributed by atoms with Gasteiger partial charge in [0.05, 0.1) is 40.5 Å². The third-order valence-corrected chi connectivity index (χ3v) is 7.25. The van der Waals surface area contributed by atoms with E-state index in [1.54, 1.807) is 30.9 Å². The van der Waals surface area contributed by atoms with Gasteiger partial charge in [-0.25, -0.2) is 19.8 Å². The number of H-pyrrole nitrogens is 1. The summed E-state index contributed by atoms with van der Waals surface area (Å²) in [5.74, 6) is 1.11. The number of hydrogen-bond acceptors (Lipinski definition) is 8. The highest BCUT2D eigenvalue weighted by Gasteiger charge is 2.29. The summed E-state index contributed by atoms with van der Waals surface area (Å²) in [5, 5.41) is 0. The normalized spacial score (nSPS) is 16.9. The standard InChI is InChI=1S/C29H27FN8O/c30-20-5-3-4-18(12-20)22-16-32-17-25-26(22)35-29(34-25)28-27-24(36-37-28)7-6-23(33-27)19-13-21(15-31-14-19)39-11-10-38-8-1-2-9-38/h3-7,12-17,28,36-37H,1-2,8-11H2,(H,34,35). The Balaban J connectivity index is 1.16. The first-order chi connectivity index (χ1) is 19.2. The van der Waals surface area contributed by atoms with E-state index in [2.05, 4.69) is 30.7 Å². The molecule has 1 saturated heterocycles. The zero-order valence-electron chi connectivity index (χ0n) is 21.2. The number of rotatable bonds is 7. The van der Waals surface area contributed by atoms with Crippen molar-refractivity contribution in [3.8, 4) is 28.1 Å². The summed E-state index contributed by atoms with van der Waals surface area (Å²) in [7, 11) is 0. The van der Waals surface area contributed by atoms with Crippen LogP contribution in [0.15, 0.2) is 67.3 Å². The topological polar surface area (TPSA) is 104 Å². The Hall–Kier alpha value is -4.41. The fourth-order valence-corrected chi connectivity index (χ4v) is 5.27. The molecule has 1 unspecified atom stereocenters. The summed E-state index contributed by atoms with van der Waals surface area (Å²) < 4.78 is 19.9. The van der Waals surface area contributed by atoms with Gasteiger partial charge < -0.3 is 15.1 Å². The number of halogens is 1. The second-order valence-electron chi connectivity index (χ2n) is 9.85. The van der Waals surface area contributed by atoms with Gasteiger partial charge in [-0.15, -0.1) is 0 Å². The summed E-state index contributed by atoms with van der Waals surface area (Å²) in [4.78, 5) is 24.4. The molecule has 0 spiro atoms. The van der Waals surface area contributed by atoms with Crippen LogP contribution in [0.3, 0.4) is 0 Å². The molecule has 0 radical (unpaired) electrons. The molecule has 10 heteroatoms. The molecule has 9 nitrogen and oxygen atoms in total. The molecule has 1 fully saturated rings. The van der Waals surface area contributed by atoms with Gasteiger partial charge in [-0.1, -0.05) is 12.1 Å². The number of nitrogens with one attached hydrogen (secondary N) is 3. The number of likely N-dealkylation sites (tertiary alicyclic amines) is 1. The highest BCUT2D eigenvalue weighted by molar-refractivity contribution is 5.91. The van der Waals surface area contributed by atoms with Crippen LogP contribution in [0.25, 0.3) is 33.4 Å². The van der Waals surface area contributed by atoms with Crippen molar-refractivity contribution in [2.24, 2.45) is 0 Å². The van der Waals surface area contributed by atoms with Crippen LogP contribution in [0.1, 0.15) is 30.4 Å². The maximum Gasteiger partial charge on any atom is 0.138 e. The number of aromatic amines is 1. The van der Waals surface area contributed by atoms with Gasteiger partial charge in [0.2, 0.25) is 0 Å². The van der Waals surface area contributed by atoms with Crippen molar-refractivity contribution in [2.75, 3.05) is 31.7 Å². The number of ether oxygens (including phenoxy) is 1. The van der Waals surface area contributed by atoms with Gasteiger partial charge in [0.15, 0.2) is 0 Å². The lowest BCUT2D eigenvalue weighted by atomic mass is 10.1. The van der Waals surface area contributed by atoms with Crippen LogP contribution < -0.4 is 15.6 Å². The highest BCUT2D eigenvalue weighted by atomic mass is 19.1. The molecule has 6 heterocycles. The Bertz CT molecular complexity index is 1650. The molecular formula is C29H27FN8O. The Morgan fingerprint density at radius 3 is 2.74 bits per heavy atom. The lowest BCUT2D eigenvalue weighted by Gasteiger charge is -2.15. The molecule has 0 amide bonds. The molecule has 0 bridgehead atoms. The molecular weight excluding hydrogens is 495 g/mol. The molecule has 0 saturated carbocycles. The molecule has 7 rings (SSSR count). The van der Waals surface area contributed by atoms with E-state index in [0.29, 0.717) is 12.4 Å². The molecule has 2 aliphatic heterocycles. The van der Waals surface area contributed by atoms with Crippen LogP contribution in [0.5, 0.6) is 5.75 Å². The first kappa shape index (κ1) is 23.7. The minimum Gasteiger partial charge on any atom is -0.491 e. The minimum absolute atomic E-state index is 0.303. The van der Waals surface area contributed by atoms with E-state index in [9.17, 15) is 4.39 Å². The van der Waals surface area contributed by atoms with Gasteiger partial charge >= 0.3 is 0 Å². The van der Waals surface area contributed by atoms with Gasteiger partial charge in [-0.2, -0.15) is 0 Å². The molecule has 1 atom stereocenters. The van der Waals surface area contributed by atoms with Gasteiger partial charge in [-0.3, -0.25) is 14.9 Å². The van der Waals surface area contributed by atoms with Crippen molar-refractivity contribution in [3.05, 3.63) is 84.6 Å². The van der Waals surface area contributed by atoms with Crippen LogP contribution in [0, 0.1) is 5.82 Å². The van der Waals surface area contributed by atoms with E-state index in [0.717, 1.165) is 70.2 Å². The van der Waals surface area contributed by atoms with E-state index < -0.39 is 0 Å². The zero-order chi connectivity index (χ0) is 26.2. The number of benzene rings is 1. The highest BCUT2D eigenvalue weighted by Crippen LogP contribution is 2.35. The maximum absolute atomic E-state index is 13.9. The van der Waals surface area contributed by atoms with Crippen molar-refractivity contribution in [3.63, 3.8) is 0 Å². The SMILES string of the molecule is Fc1cccc(-c2cncc3[nH]c(C4NNc5ccc(-c6cncc(OCCN7CCCC7)c6)nc54)nc23)c1. The number of hydrazine groups is 1. The van der Waals surface area contributed by atoms with Crippen molar-refractivity contribution in [1.29, 1.82) is 0 Å². The van der Waals surface area contributed by atoms with E-state index in [1.165, 1.54) is 25.0 Å². The number of nitrogens with zero attached hydrogens (tertiary/aromatic N) is 5. The monoisotopic (exact) mass is 522 g/mol. The Labute approximate surface area is 224 Å². The average molecular weight is 523 g/mol. The molecule has 0 aliphatic carbocycles. The molecule has 3 N–H and O–H groups in total. The maximum atomic E-state index is 13.9. The third-order valence-electron chi connectivity index (χ3n) is 7.25. The fraction of sp³-hybridized carbons (Fsp3) is 0.241. The molecule has 4 aromatic heterocycles. The van der Waals surface area contributed by atoms with Crippen LogP contribution in [0.2, 0.25) is 0 Å². The Morgan fingerprint density at radius 1 is 0.949 bits per heavy atom. The van der Waals surface area contributed by atoms with Gasteiger partial charge in [0.1, 0.15) is 30.0 Å². The van der Waals surface area contributed by atoms with E-state index in [1.807, 2.05) is 24.3 Å². The quantitative estimate of drug-likeness (QED) is 0.282. The molecule has 196 valence electrons. The third kappa shape index (κ3) is 4.68. The van der Waals surface area contributed by atoms with E-state index in [4.69, 9.17) is 14.7 Å². The van der Waals surface area contributed by atoms with Crippen LogP contribution in [0.4, 0.5) is 10.1 Å². The summed E-state index contributed by atoms with van der Waals surface area (Å²) >= 11 is 0. The number of imidazole rings is 1. The van der Waals surface area contributed by atoms with Crippen LogP contribution in [-0.2, 0) is 0 Å². The lowest BCUT2D eigenvalue weighted by molar-refractivity contribution is 0.237. The first-order valence-corrected chi connectivity index (χ1v) is 13.1. The van der Waals surface area contributed by atoms with Crippen molar-refractivity contribution in [1.82, 2.24) is 35.2 Å². The molecule has 1 aromatic carbocycles. The van der Waals surface area contributed by atoms with Gasteiger partial charge in [0, 0.05) is 30.1 Å². The van der Waals surface area contributed by atoms with Crippen molar-refractivity contribution < 1.29 is 9.13 Å². The molecule has 39 heavy (non-hydrogen) atoms. The zero-order valence-corrected chi connectivity index (χ0v) is 21.2. The Kier molecular flexibility index (Phi) is 6.10. The number of hydrogen-bond donors (Lipinski definition) is 3. The molecule has 2 aliphatic rings. The smallest absolute Gasteiger partial charge is 0.138 e. The second-order valence-corrected chi connectivity index (χ2v) is 9.85. The Morgan fingerprint density at radius 2 is 1.85 bits per heavy atom. The number of pyridine rings is 3. The summed E-state index contributed by atoms with van der Waals surface area (Å²) in [6.45, 7) is 3.86. The number of aromatic nitrogens is 5. The average Bonchev–Trinajstić information content (AvgIpc) is 3.72. The largest absolute Gasteiger partial charge is 0.491 e. The predicted octanol–water partition coefficient (Wildman–Crippen LogP) is 4.72.